The van der Waals surface area contributed by atoms with Gasteiger partial charge in [0.2, 0.25) is 53.2 Å². The second-order valence-corrected chi connectivity index (χ2v) is 18.9. The summed E-state index contributed by atoms with van der Waals surface area (Å²) >= 11 is 0. The number of para-hydroxylation sites is 1. The highest BCUT2D eigenvalue weighted by Crippen LogP contribution is 2.31. The second-order valence-electron chi connectivity index (χ2n) is 18.9. The fourth-order valence-electron chi connectivity index (χ4n) is 9.25. The number of carbonyl (C=O) groups excluding carboxylic acids is 9. The molecule has 15 N–H and O–H groups in total. The number of unbranched alkanes of at least 4 members (excludes halogenated alkanes) is 1. The number of hydrogen-bond donors (Lipinski definition) is 12. The van der Waals surface area contributed by atoms with Crippen LogP contribution in [0.2, 0.25) is 0 Å². The Morgan fingerprint density at radius 3 is 2.23 bits per heavy atom. The normalized spacial score (nSPS) is 21.9. The lowest BCUT2D eigenvalue weighted by Gasteiger charge is -2.38. The van der Waals surface area contributed by atoms with Crippen LogP contribution < -0.4 is 54.4 Å². The van der Waals surface area contributed by atoms with Crippen LogP contribution in [-0.2, 0) is 69.0 Å². The van der Waals surface area contributed by atoms with Gasteiger partial charge in [-0.1, -0.05) is 68.3 Å². The first-order chi connectivity index (χ1) is 36.0. The molecular weight excluding hydrogens is 967 g/mol. The van der Waals surface area contributed by atoms with Crippen LogP contribution in [-0.4, -0.2) is 134 Å². The summed E-state index contributed by atoms with van der Waals surface area (Å²) in [5.41, 5.74) is 20.4. The van der Waals surface area contributed by atoms with Gasteiger partial charge in [0, 0.05) is 67.8 Å². The molecule has 9 amide bonds. The van der Waals surface area contributed by atoms with Crippen LogP contribution >= 0.6 is 0 Å². The van der Waals surface area contributed by atoms with E-state index in [1.165, 1.54) is 24.3 Å². The summed E-state index contributed by atoms with van der Waals surface area (Å²) in [6.07, 6.45) is 4.24. The summed E-state index contributed by atoms with van der Waals surface area (Å²) in [6.45, 7) is 3.19. The zero-order valence-electron chi connectivity index (χ0n) is 42.2. The average Bonchev–Trinajstić information content (AvgIpc) is 4.04. The predicted octanol–water partition coefficient (Wildman–Crippen LogP) is -1.02. The predicted molar refractivity (Wildman–Crippen MR) is 276 cm³/mol. The van der Waals surface area contributed by atoms with E-state index in [0.717, 1.165) is 16.5 Å². The fourth-order valence-corrected chi connectivity index (χ4v) is 9.25. The van der Waals surface area contributed by atoms with Gasteiger partial charge < -0.3 is 69.3 Å². The number of aliphatic imine (C=N–C) groups is 1. The number of primary amides is 1. The Morgan fingerprint density at radius 1 is 0.827 bits per heavy atom. The van der Waals surface area contributed by atoms with Crippen molar-refractivity contribution in [1.29, 1.82) is 0 Å². The van der Waals surface area contributed by atoms with Crippen molar-refractivity contribution in [3.8, 4) is 0 Å². The van der Waals surface area contributed by atoms with Gasteiger partial charge in [0.1, 0.15) is 42.3 Å². The second kappa shape index (κ2) is 27.1. The maximum Gasteiger partial charge on any atom is 0.246 e. The zero-order valence-corrected chi connectivity index (χ0v) is 42.2. The number of benzene rings is 2. The molecule has 2 aliphatic rings. The first-order valence-corrected chi connectivity index (χ1v) is 25.3. The third-order valence-electron chi connectivity index (χ3n) is 13.1. The van der Waals surface area contributed by atoms with Crippen molar-refractivity contribution in [2.24, 2.45) is 22.2 Å². The molecular formula is C51H69N15O9. The molecule has 0 aliphatic carbocycles. The quantitative estimate of drug-likeness (QED) is 0.0387. The van der Waals surface area contributed by atoms with Crippen LogP contribution in [0.25, 0.3) is 10.9 Å². The van der Waals surface area contributed by atoms with E-state index >= 15 is 4.79 Å². The van der Waals surface area contributed by atoms with Crippen molar-refractivity contribution in [2.45, 2.75) is 140 Å². The SMILES string of the molecule is CCCC[C@H](NC(C)=O)C(=O)N[C@H]1CC(=O)NCCCC[C@@H](C(N)=O)NC(=O)[C@@H]2Cc3c([nH]c4ccccc34)CN2C(=O)[C@H](CCCN=C(N)N)NC(=O)[C@@H](Cc2ccccc2)NC(=O)[C@H](Cc2cnc[nH]2)NC1=O. The number of carbonyl (C=O) groups is 9. The largest absolute Gasteiger partial charge is 0.370 e. The molecule has 2 aromatic carbocycles. The highest BCUT2D eigenvalue weighted by Gasteiger charge is 2.41. The number of fused-ring (bicyclic) bond motifs is 4. The number of nitrogens with one attached hydrogen (secondary N) is 9. The van der Waals surface area contributed by atoms with E-state index in [0.29, 0.717) is 36.2 Å². The minimum absolute atomic E-state index is 0.0265. The zero-order chi connectivity index (χ0) is 54.0. The number of nitrogens with two attached hydrogens (primary N) is 3. The van der Waals surface area contributed by atoms with E-state index in [4.69, 9.17) is 17.2 Å². The topological polar surface area (TPSA) is 376 Å². The standard InChI is InChI=1S/C51H69N15O9/c1-3-4-16-36(59-29(2)67)45(70)65-40-25-43(68)56-20-11-10-18-35(44(52)69)61-49(74)42-24-33-32-15-8-9-17-34(32)60-41(33)27-66(42)50(75)37(19-12-21-57-51(53)54)62-46(71)38(22-30-13-6-5-7-14-30)63-47(72)39(64-48(40)73)23-31-26-55-28-58-31/h5-9,13-15,17,26,28,35-40,42,60H,3-4,10-12,16,18-25,27H2,1-2H3,(H2,52,69)(H,55,58)(H,56,68)(H,59,67)(H,61,74)(H,62,71)(H,63,72)(H,64,73)(H,65,70)(H4,53,54,57)/t35-,36-,37-,38+,39-,40-,42-/m0/s1. The first kappa shape index (κ1) is 56.0. The smallest absolute Gasteiger partial charge is 0.246 e. The number of guanidine groups is 1. The van der Waals surface area contributed by atoms with Crippen LogP contribution in [0.15, 0.2) is 72.1 Å². The molecule has 2 aromatic heterocycles. The van der Waals surface area contributed by atoms with Crippen molar-refractivity contribution >= 4 is 70.0 Å². The molecule has 4 heterocycles. The lowest BCUT2D eigenvalue weighted by Crippen LogP contribution is -2.62. The summed E-state index contributed by atoms with van der Waals surface area (Å²) in [5, 5.41) is 19.9. The molecule has 6 rings (SSSR count). The number of nitrogens with zero attached hydrogens (tertiary/aromatic N) is 3. The molecule has 75 heavy (non-hydrogen) atoms. The summed E-state index contributed by atoms with van der Waals surface area (Å²) in [5.74, 6) is -6.80. The molecule has 0 saturated carbocycles. The van der Waals surface area contributed by atoms with Gasteiger partial charge in [-0.25, -0.2) is 4.98 Å². The minimum atomic E-state index is -1.57. The third kappa shape index (κ3) is 16.1. The van der Waals surface area contributed by atoms with Gasteiger partial charge in [0.15, 0.2) is 5.96 Å². The third-order valence-corrected chi connectivity index (χ3v) is 13.1. The molecule has 24 nitrogen and oxygen atoms in total. The number of imidazole rings is 1. The van der Waals surface area contributed by atoms with Crippen molar-refractivity contribution in [3.63, 3.8) is 0 Å². The summed E-state index contributed by atoms with van der Waals surface area (Å²) in [4.78, 5) is 142. The maximum atomic E-state index is 15.2. The van der Waals surface area contributed by atoms with E-state index in [1.54, 1.807) is 30.3 Å². The molecule has 7 atom stereocenters. The summed E-state index contributed by atoms with van der Waals surface area (Å²) < 4.78 is 0. The van der Waals surface area contributed by atoms with Gasteiger partial charge in [-0.3, -0.25) is 48.1 Å². The number of aromatic nitrogens is 3. The first-order valence-electron chi connectivity index (χ1n) is 25.3. The van der Waals surface area contributed by atoms with E-state index in [9.17, 15) is 38.4 Å². The Balaban J connectivity index is 1.40. The Bertz CT molecular complexity index is 2690. The molecule has 1 saturated heterocycles. The van der Waals surface area contributed by atoms with Crippen molar-refractivity contribution in [3.05, 3.63) is 89.6 Å². The summed E-state index contributed by atoms with van der Waals surface area (Å²) in [6, 6.07) is 7.06. The van der Waals surface area contributed by atoms with Gasteiger partial charge in [0.25, 0.3) is 0 Å². The van der Waals surface area contributed by atoms with Crippen LogP contribution in [0.1, 0.15) is 94.1 Å². The molecule has 0 spiro atoms. The van der Waals surface area contributed by atoms with E-state index in [2.05, 4.69) is 57.2 Å². The Kier molecular flexibility index (Phi) is 20.2. The van der Waals surface area contributed by atoms with E-state index < -0.39 is 102 Å². The van der Waals surface area contributed by atoms with Gasteiger partial charge in [-0.15, -0.1) is 0 Å². The molecule has 402 valence electrons. The van der Waals surface area contributed by atoms with Gasteiger partial charge in [-0.2, -0.15) is 0 Å². The monoisotopic (exact) mass is 1040 g/mol. The molecule has 0 bridgehead atoms. The minimum Gasteiger partial charge on any atom is -0.370 e. The lowest BCUT2D eigenvalue weighted by atomic mass is 9.94. The van der Waals surface area contributed by atoms with Crippen molar-refractivity contribution in [1.82, 2.24) is 57.1 Å². The fraction of sp³-hybridized carbons (Fsp3) is 0.471. The maximum absolute atomic E-state index is 15.2. The van der Waals surface area contributed by atoms with Crippen LogP contribution in [0.5, 0.6) is 0 Å². The number of amides is 9. The highest BCUT2D eigenvalue weighted by molar-refractivity contribution is 5.99. The van der Waals surface area contributed by atoms with Gasteiger partial charge in [-0.05, 0) is 55.7 Å². The van der Waals surface area contributed by atoms with E-state index in [-0.39, 0.29) is 77.0 Å². The molecule has 2 aliphatic heterocycles. The Hall–Kier alpha value is -8.31. The van der Waals surface area contributed by atoms with Crippen LogP contribution in [0.4, 0.5) is 0 Å². The summed E-state index contributed by atoms with van der Waals surface area (Å²) in [7, 11) is 0. The molecule has 4 aromatic rings. The van der Waals surface area contributed by atoms with Crippen molar-refractivity contribution < 1.29 is 43.2 Å². The van der Waals surface area contributed by atoms with Gasteiger partial charge >= 0.3 is 0 Å². The number of H-pyrrole nitrogens is 2. The van der Waals surface area contributed by atoms with E-state index in [1.807, 2.05) is 31.2 Å². The average molecular weight is 1040 g/mol. The Morgan fingerprint density at radius 2 is 1.53 bits per heavy atom. The van der Waals surface area contributed by atoms with Crippen LogP contribution in [0.3, 0.4) is 0 Å². The molecule has 1 fully saturated rings. The number of rotatable bonds is 15. The molecule has 0 radical (unpaired) electrons. The molecule has 24 heteroatoms. The van der Waals surface area contributed by atoms with Crippen molar-refractivity contribution in [2.75, 3.05) is 13.1 Å². The highest BCUT2D eigenvalue weighted by atomic mass is 16.2. The number of aromatic amines is 2. The van der Waals surface area contributed by atoms with Crippen LogP contribution in [0, 0.1) is 0 Å². The van der Waals surface area contributed by atoms with Gasteiger partial charge in [0.05, 0.1) is 19.3 Å². The lowest BCUT2D eigenvalue weighted by molar-refractivity contribution is -0.145. The molecule has 0 unspecified atom stereocenters. The Labute approximate surface area is 433 Å². The number of hydrogen-bond acceptors (Lipinski definition) is 11.